The summed E-state index contributed by atoms with van der Waals surface area (Å²) in [6.45, 7) is 1.85. The summed E-state index contributed by atoms with van der Waals surface area (Å²) in [7, 11) is 1.61. The van der Waals surface area contributed by atoms with E-state index in [0.717, 1.165) is 5.56 Å². The van der Waals surface area contributed by atoms with Crippen molar-refractivity contribution in [2.75, 3.05) is 7.05 Å². The highest BCUT2D eigenvalue weighted by Gasteiger charge is 2.11. The van der Waals surface area contributed by atoms with Gasteiger partial charge in [0.25, 0.3) is 0 Å². The molecule has 0 radical (unpaired) electrons. The molecule has 0 heterocycles. The fourth-order valence-corrected chi connectivity index (χ4v) is 1.31. The van der Waals surface area contributed by atoms with Crippen LogP contribution in [-0.4, -0.2) is 13.0 Å². The zero-order valence-corrected chi connectivity index (χ0v) is 8.38. The van der Waals surface area contributed by atoms with Gasteiger partial charge in [0.1, 0.15) is 5.82 Å². The maximum absolute atomic E-state index is 12.6. The van der Waals surface area contributed by atoms with Gasteiger partial charge in [-0.25, -0.2) is 4.39 Å². The smallest absolute Gasteiger partial charge is 0.222 e. The molecule has 0 spiro atoms. The molecule has 3 heteroatoms. The van der Waals surface area contributed by atoms with Gasteiger partial charge < -0.3 is 5.32 Å². The van der Waals surface area contributed by atoms with E-state index in [2.05, 4.69) is 5.32 Å². The van der Waals surface area contributed by atoms with Crippen LogP contribution >= 0.6 is 0 Å². The van der Waals surface area contributed by atoms with Crippen LogP contribution in [-0.2, 0) is 11.2 Å². The van der Waals surface area contributed by atoms with Crippen LogP contribution < -0.4 is 5.32 Å². The third kappa shape index (κ3) is 2.83. The van der Waals surface area contributed by atoms with Crippen LogP contribution in [0.25, 0.3) is 0 Å². The molecule has 0 saturated carbocycles. The molecular weight excluding hydrogens is 181 g/mol. The van der Waals surface area contributed by atoms with E-state index in [1.165, 1.54) is 12.1 Å². The molecule has 0 saturated heterocycles. The van der Waals surface area contributed by atoms with Gasteiger partial charge in [-0.2, -0.15) is 0 Å². The number of carbonyl (C=O) groups excluding carboxylic acids is 1. The molecule has 1 N–H and O–H groups in total. The lowest BCUT2D eigenvalue weighted by atomic mass is 10.0. The molecule has 14 heavy (non-hydrogen) atoms. The highest BCUT2D eigenvalue weighted by atomic mass is 19.1. The van der Waals surface area contributed by atoms with Crippen molar-refractivity contribution < 1.29 is 9.18 Å². The molecule has 1 amide bonds. The Kier molecular flexibility index (Phi) is 3.63. The molecule has 0 unspecified atom stereocenters. The SMILES string of the molecule is CNC(=O)[C@H](C)Cc1ccc(F)cc1. The second-order valence-electron chi connectivity index (χ2n) is 3.35. The van der Waals surface area contributed by atoms with Gasteiger partial charge in [0.2, 0.25) is 5.91 Å². The molecule has 1 atom stereocenters. The fraction of sp³-hybridized carbons (Fsp3) is 0.364. The van der Waals surface area contributed by atoms with Crippen LogP contribution in [0, 0.1) is 11.7 Å². The maximum atomic E-state index is 12.6. The zero-order chi connectivity index (χ0) is 10.6. The standard InChI is InChI=1S/C11H14FNO/c1-8(11(14)13-2)7-9-3-5-10(12)6-4-9/h3-6,8H,7H2,1-2H3,(H,13,14)/t8-/m1/s1. The summed E-state index contributed by atoms with van der Waals surface area (Å²) >= 11 is 0. The minimum Gasteiger partial charge on any atom is -0.359 e. The quantitative estimate of drug-likeness (QED) is 0.782. The molecule has 76 valence electrons. The van der Waals surface area contributed by atoms with Crippen LogP contribution in [0.15, 0.2) is 24.3 Å². The van der Waals surface area contributed by atoms with E-state index in [1.807, 2.05) is 6.92 Å². The lowest BCUT2D eigenvalue weighted by molar-refractivity contribution is -0.123. The predicted molar refractivity (Wildman–Crippen MR) is 53.3 cm³/mol. The molecular formula is C11H14FNO. The second-order valence-corrected chi connectivity index (χ2v) is 3.35. The number of amides is 1. The molecule has 0 aliphatic heterocycles. The number of nitrogens with one attached hydrogen (secondary N) is 1. The normalized spacial score (nSPS) is 12.2. The van der Waals surface area contributed by atoms with E-state index in [9.17, 15) is 9.18 Å². The first-order valence-corrected chi connectivity index (χ1v) is 4.59. The Hall–Kier alpha value is -1.38. The molecule has 0 aromatic heterocycles. The van der Waals surface area contributed by atoms with Crippen LogP contribution in [0.2, 0.25) is 0 Å². The van der Waals surface area contributed by atoms with Gasteiger partial charge in [-0.15, -0.1) is 0 Å². The van der Waals surface area contributed by atoms with E-state index in [0.29, 0.717) is 6.42 Å². The van der Waals surface area contributed by atoms with Gasteiger partial charge in [-0.3, -0.25) is 4.79 Å². The largest absolute Gasteiger partial charge is 0.359 e. The summed E-state index contributed by atoms with van der Waals surface area (Å²) in [6.07, 6.45) is 0.639. The van der Waals surface area contributed by atoms with Gasteiger partial charge in [-0.1, -0.05) is 19.1 Å². The Labute approximate surface area is 83.1 Å². The fourth-order valence-electron chi connectivity index (χ4n) is 1.31. The zero-order valence-electron chi connectivity index (χ0n) is 8.38. The average Bonchev–Trinajstić information content (AvgIpc) is 2.20. The van der Waals surface area contributed by atoms with Crippen LogP contribution in [0.3, 0.4) is 0 Å². The van der Waals surface area contributed by atoms with Crippen molar-refractivity contribution in [3.63, 3.8) is 0 Å². The van der Waals surface area contributed by atoms with Gasteiger partial charge in [0.05, 0.1) is 0 Å². The van der Waals surface area contributed by atoms with Crippen LogP contribution in [0.1, 0.15) is 12.5 Å². The Morgan fingerprint density at radius 1 is 1.43 bits per heavy atom. The van der Waals surface area contributed by atoms with Crippen molar-refractivity contribution in [2.45, 2.75) is 13.3 Å². The molecule has 0 bridgehead atoms. The minimum absolute atomic E-state index is 0.00863. The number of hydrogen-bond donors (Lipinski definition) is 1. The Bertz CT molecular complexity index is 308. The van der Waals surface area contributed by atoms with E-state index in [4.69, 9.17) is 0 Å². The van der Waals surface area contributed by atoms with Crippen molar-refractivity contribution >= 4 is 5.91 Å². The number of rotatable bonds is 3. The summed E-state index contributed by atoms with van der Waals surface area (Å²) < 4.78 is 12.6. The topological polar surface area (TPSA) is 29.1 Å². The number of benzene rings is 1. The molecule has 2 nitrogen and oxygen atoms in total. The molecule has 1 aromatic carbocycles. The summed E-state index contributed by atoms with van der Waals surface area (Å²) in [6, 6.07) is 6.22. The molecule has 0 aliphatic rings. The Morgan fingerprint density at radius 2 is 2.00 bits per heavy atom. The summed E-state index contributed by atoms with van der Waals surface area (Å²) in [5.74, 6) is -0.318. The summed E-state index contributed by atoms with van der Waals surface area (Å²) in [5, 5.41) is 2.58. The molecule has 1 aromatic rings. The number of hydrogen-bond acceptors (Lipinski definition) is 1. The van der Waals surface area contributed by atoms with Crippen molar-refractivity contribution in [1.29, 1.82) is 0 Å². The van der Waals surface area contributed by atoms with E-state index >= 15 is 0 Å². The lowest BCUT2D eigenvalue weighted by Gasteiger charge is -2.09. The maximum Gasteiger partial charge on any atom is 0.222 e. The van der Waals surface area contributed by atoms with Crippen molar-refractivity contribution in [3.8, 4) is 0 Å². The van der Waals surface area contributed by atoms with Gasteiger partial charge >= 0.3 is 0 Å². The average molecular weight is 195 g/mol. The number of carbonyl (C=O) groups is 1. The van der Waals surface area contributed by atoms with E-state index < -0.39 is 0 Å². The minimum atomic E-state index is -0.249. The highest BCUT2D eigenvalue weighted by Crippen LogP contribution is 2.09. The second kappa shape index (κ2) is 4.74. The third-order valence-corrected chi connectivity index (χ3v) is 2.15. The van der Waals surface area contributed by atoms with Crippen LogP contribution in [0.4, 0.5) is 4.39 Å². The predicted octanol–water partition coefficient (Wildman–Crippen LogP) is 1.75. The van der Waals surface area contributed by atoms with Crippen LogP contribution in [0.5, 0.6) is 0 Å². The van der Waals surface area contributed by atoms with Gasteiger partial charge in [0.15, 0.2) is 0 Å². The Morgan fingerprint density at radius 3 is 2.50 bits per heavy atom. The molecule has 1 rings (SSSR count). The molecule has 0 aliphatic carbocycles. The molecule has 0 fully saturated rings. The van der Waals surface area contributed by atoms with Gasteiger partial charge in [0, 0.05) is 13.0 Å². The third-order valence-electron chi connectivity index (χ3n) is 2.15. The first-order chi connectivity index (χ1) is 6.63. The lowest BCUT2D eigenvalue weighted by Crippen LogP contribution is -2.26. The van der Waals surface area contributed by atoms with E-state index in [1.54, 1.807) is 19.2 Å². The van der Waals surface area contributed by atoms with Gasteiger partial charge in [-0.05, 0) is 24.1 Å². The Balaban J connectivity index is 2.60. The monoisotopic (exact) mass is 195 g/mol. The van der Waals surface area contributed by atoms with E-state index in [-0.39, 0.29) is 17.6 Å². The van der Waals surface area contributed by atoms with Crippen molar-refractivity contribution in [3.05, 3.63) is 35.6 Å². The summed E-state index contributed by atoms with van der Waals surface area (Å²) in [5.41, 5.74) is 0.975. The highest BCUT2D eigenvalue weighted by molar-refractivity contribution is 5.78. The van der Waals surface area contributed by atoms with Crippen molar-refractivity contribution in [1.82, 2.24) is 5.32 Å². The number of halogens is 1. The first kappa shape index (κ1) is 10.7. The van der Waals surface area contributed by atoms with Crippen molar-refractivity contribution in [2.24, 2.45) is 5.92 Å². The summed E-state index contributed by atoms with van der Waals surface area (Å²) in [4.78, 5) is 11.2. The first-order valence-electron chi connectivity index (χ1n) is 4.59.